The Morgan fingerprint density at radius 3 is 2.64 bits per heavy atom. The zero-order chi connectivity index (χ0) is 24.1. The van der Waals surface area contributed by atoms with Gasteiger partial charge in [-0.25, -0.2) is 9.59 Å². The van der Waals surface area contributed by atoms with Crippen LogP contribution in [0.5, 0.6) is 11.5 Å². The molecule has 1 aromatic heterocycles. The van der Waals surface area contributed by atoms with Gasteiger partial charge in [-0.3, -0.25) is 0 Å². The maximum absolute atomic E-state index is 12.6. The van der Waals surface area contributed by atoms with Gasteiger partial charge in [0, 0.05) is 11.5 Å². The zero-order valence-corrected chi connectivity index (χ0v) is 18.9. The molecular formula is C23H25NO9. The van der Waals surface area contributed by atoms with E-state index < -0.39 is 35.9 Å². The van der Waals surface area contributed by atoms with Gasteiger partial charge in [0.2, 0.25) is 12.4 Å². The number of carbonyl (C=O) groups is 1. The van der Waals surface area contributed by atoms with Crippen LogP contribution in [0.2, 0.25) is 0 Å². The molecule has 4 unspecified atom stereocenters. The van der Waals surface area contributed by atoms with Crippen molar-refractivity contribution in [2.24, 2.45) is 11.1 Å². The molecule has 3 heterocycles. The highest BCUT2D eigenvalue weighted by atomic mass is 16.8. The summed E-state index contributed by atoms with van der Waals surface area (Å²) < 4.78 is 28.3. The summed E-state index contributed by atoms with van der Waals surface area (Å²) in [7, 11) is 1.33. The van der Waals surface area contributed by atoms with E-state index in [0.29, 0.717) is 16.7 Å². The third-order valence-corrected chi connectivity index (χ3v) is 6.31. The first-order chi connectivity index (χ1) is 15.6. The van der Waals surface area contributed by atoms with E-state index in [1.165, 1.54) is 14.0 Å². The molecule has 2 saturated heterocycles. The van der Waals surface area contributed by atoms with Crippen LogP contribution in [-0.2, 0) is 19.0 Å². The van der Waals surface area contributed by atoms with E-state index in [1.54, 1.807) is 25.1 Å². The number of aromatic hydroxyl groups is 1. The van der Waals surface area contributed by atoms with Crippen molar-refractivity contribution in [3.63, 3.8) is 0 Å². The highest BCUT2D eigenvalue weighted by Crippen LogP contribution is 2.42. The van der Waals surface area contributed by atoms with Gasteiger partial charge in [0.1, 0.15) is 29.8 Å². The Balaban J connectivity index is 1.75. The third kappa shape index (κ3) is 3.60. The molecule has 0 amide bonds. The summed E-state index contributed by atoms with van der Waals surface area (Å²) in [5.74, 6) is -0.198. The molecule has 176 valence electrons. The van der Waals surface area contributed by atoms with Crippen molar-refractivity contribution in [1.29, 1.82) is 0 Å². The standard InChI is InChI=1S/C23H25NO9/c1-7-23(5)11(3)18-19(32-22(27)31-18)21(33-23)29-14-9-8-13-16(25)15(12(4)24-28-6)20(26)30-17(13)10(14)2/h7-9,11,18-19,21,25H,1H2,2-6H3/b24-12+/t11?,18?,19?,21?,23-/m0/s1. The van der Waals surface area contributed by atoms with Crippen molar-refractivity contribution in [2.75, 3.05) is 7.11 Å². The van der Waals surface area contributed by atoms with Gasteiger partial charge in [0.15, 0.2) is 6.10 Å². The van der Waals surface area contributed by atoms with Gasteiger partial charge in [0.25, 0.3) is 0 Å². The Bertz CT molecular complexity index is 1220. The number of carbonyl (C=O) groups excluding carboxylic acids is 1. The summed E-state index contributed by atoms with van der Waals surface area (Å²) in [6.45, 7) is 10.7. The molecule has 4 rings (SSSR count). The van der Waals surface area contributed by atoms with Crippen LogP contribution in [-0.4, -0.2) is 48.2 Å². The minimum atomic E-state index is -1.01. The van der Waals surface area contributed by atoms with Crippen molar-refractivity contribution in [3.05, 3.63) is 46.3 Å². The minimum Gasteiger partial charge on any atom is -0.506 e. The Labute approximate surface area is 189 Å². The Morgan fingerprint density at radius 1 is 1.27 bits per heavy atom. The molecule has 0 bridgehead atoms. The van der Waals surface area contributed by atoms with Crippen molar-refractivity contribution in [2.45, 2.75) is 51.8 Å². The second-order valence-electron chi connectivity index (χ2n) is 8.23. The van der Waals surface area contributed by atoms with Gasteiger partial charge in [-0.15, -0.1) is 6.58 Å². The number of benzene rings is 1. The quantitative estimate of drug-likeness (QED) is 0.235. The van der Waals surface area contributed by atoms with Crippen molar-refractivity contribution in [1.82, 2.24) is 0 Å². The van der Waals surface area contributed by atoms with Crippen LogP contribution in [0.4, 0.5) is 4.79 Å². The van der Waals surface area contributed by atoms with Crippen molar-refractivity contribution >= 4 is 22.8 Å². The van der Waals surface area contributed by atoms with Gasteiger partial charge in [-0.05, 0) is 32.9 Å². The minimum absolute atomic E-state index is 0.0957. The third-order valence-electron chi connectivity index (χ3n) is 6.31. The van der Waals surface area contributed by atoms with Crippen molar-refractivity contribution in [3.8, 4) is 11.5 Å². The van der Waals surface area contributed by atoms with Gasteiger partial charge in [-0.2, -0.15) is 0 Å². The fraction of sp³-hybridized carbons (Fsp3) is 0.435. The first kappa shape index (κ1) is 22.7. The van der Waals surface area contributed by atoms with Crippen LogP contribution >= 0.6 is 0 Å². The second-order valence-corrected chi connectivity index (χ2v) is 8.23. The first-order valence-corrected chi connectivity index (χ1v) is 10.3. The van der Waals surface area contributed by atoms with Crippen LogP contribution < -0.4 is 10.4 Å². The number of rotatable bonds is 5. The molecule has 1 N–H and O–H groups in total. The maximum Gasteiger partial charge on any atom is 0.509 e. The SMILES string of the molecule is C=C[C@]1(C)OC(Oc2ccc3c(O)c(/C(C)=N/OC)c(=O)oc3c2C)C2OC(=O)OC2C1C. The molecule has 10 nitrogen and oxygen atoms in total. The molecule has 2 aromatic rings. The van der Waals surface area contributed by atoms with Crippen LogP contribution in [0, 0.1) is 12.8 Å². The van der Waals surface area contributed by atoms with E-state index in [2.05, 4.69) is 11.7 Å². The zero-order valence-electron chi connectivity index (χ0n) is 18.9. The summed E-state index contributed by atoms with van der Waals surface area (Å²) in [4.78, 5) is 29.1. The molecule has 0 spiro atoms. The number of aryl methyl sites for hydroxylation is 1. The Hall–Kier alpha value is -3.53. The molecule has 33 heavy (non-hydrogen) atoms. The lowest BCUT2D eigenvalue weighted by Gasteiger charge is -2.45. The molecular weight excluding hydrogens is 434 g/mol. The average Bonchev–Trinajstić information content (AvgIpc) is 3.16. The lowest BCUT2D eigenvalue weighted by atomic mass is 9.81. The molecule has 0 saturated carbocycles. The molecule has 5 atom stereocenters. The van der Waals surface area contributed by atoms with Crippen LogP contribution in [0.15, 0.2) is 39.2 Å². The predicted molar refractivity (Wildman–Crippen MR) is 117 cm³/mol. The maximum atomic E-state index is 12.6. The second kappa shape index (κ2) is 8.11. The van der Waals surface area contributed by atoms with E-state index in [9.17, 15) is 14.7 Å². The fourth-order valence-electron chi connectivity index (χ4n) is 4.18. The first-order valence-electron chi connectivity index (χ1n) is 10.3. The van der Waals surface area contributed by atoms with Gasteiger partial charge in [-0.1, -0.05) is 18.2 Å². The molecule has 1 aromatic carbocycles. The van der Waals surface area contributed by atoms with Gasteiger partial charge >= 0.3 is 11.8 Å². The summed E-state index contributed by atoms with van der Waals surface area (Å²) >= 11 is 0. The highest BCUT2D eigenvalue weighted by Gasteiger charge is 2.57. The van der Waals surface area contributed by atoms with E-state index >= 15 is 0 Å². The van der Waals surface area contributed by atoms with Gasteiger partial charge in [0.05, 0.1) is 16.7 Å². The molecule has 2 aliphatic heterocycles. The van der Waals surface area contributed by atoms with E-state index in [1.807, 2.05) is 13.8 Å². The van der Waals surface area contributed by atoms with Crippen LogP contribution in [0.3, 0.4) is 0 Å². The van der Waals surface area contributed by atoms with E-state index in [-0.39, 0.29) is 28.5 Å². The van der Waals surface area contributed by atoms with Crippen molar-refractivity contribution < 1.29 is 38.1 Å². The normalized spacial score (nSPS) is 29.2. The van der Waals surface area contributed by atoms with Crippen LogP contribution in [0.25, 0.3) is 11.0 Å². The average molecular weight is 459 g/mol. The predicted octanol–water partition coefficient (Wildman–Crippen LogP) is 3.40. The number of fused-ring (bicyclic) bond motifs is 2. The summed E-state index contributed by atoms with van der Waals surface area (Å²) in [6, 6.07) is 3.15. The topological polar surface area (TPSA) is 126 Å². The lowest BCUT2D eigenvalue weighted by Crippen LogP contribution is -2.58. The number of hydrogen-bond acceptors (Lipinski definition) is 10. The number of oxime groups is 1. The molecule has 2 fully saturated rings. The highest BCUT2D eigenvalue weighted by molar-refractivity contribution is 6.04. The van der Waals surface area contributed by atoms with Crippen LogP contribution in [0.1, 0.15) is 31.9 Å². The molecule has 0 aliphatic carbocycles. The monoisotopic (exact) mass is 459 g/mol. The Kier molecular flexibility index (Phi) is 5.57. The summed E-state index contributed by atoms with van der Waals surface area (Å²) in [5.41, 5.74) is -0.970. The molecule has 0 radical (unpaired) electrons. The number of hydrogen-bond donors (Lipinski definition) is 1. The molecule has 2 aliphatic rings. The number of nitrogens with zero attached hydrogens (tertiary/aromatic N) is 1. The molecule has 10 heteroatoms. The summed E-state index contributed by atoms with van der Waals surface area (Å²) in [5, 5.41) is 14.7. The number of ether oxygens (including phenoxy) is 4. The van der Waals surface area contributed by atoms with Gasteiger partial charge < -0.3 is 33.3 Å². The smallest absolute Gasteiger partial charge is 0.506 e. The lowest BCUT2D eigenvalue weighted by molar-refractivity contribution is -0.249. The van der Waals surface area contributed by atoms with E-state index in [0.717, 1.165) is 0 Å². The fourth-order valence-corrected chi connectivity index (χ4v) is 4.18. The summed E-state index contributed by atoms with van der Waals surface area (Å²) in [6.07, 6.45) is -1.56. The van der Waals surface area contributed by atoms with E-state index in [4.69, 9.17) is 28.2 Å². The Morgan fingerprint density at radius 2 is 1.97 bits per heavy atom. The largest absolute Gasteiger partial charge is 0.509 e.